The van der Waals surface area contributed by atoms with Crippen LogP contribution < -0.4 is 4.81 Å². The van der Waals surface area contributed by atoms with Gasteiger partial charge in [-0.1, -0.05) is 80.0 Å². The molecular weight excluding hydrogens is 453 g/mol. The van der Waals surface area contributed by atoms with E-state index in [-0.39, 0.29) is 18.8 Å². The zero-order chi connectivity index (χ0) is 26.4. The lowest BCUT2D eigenvalue weighted by atomic mass is 9.68. The molecule has 0 spiro atoms. The first kappa shape index (κ1) is 26.1. The molecule has 1 unspecified atom stereocenters. The molecule has 4 rings (SSSR count). The standard InChI is InChI=1S/C32H36BN3O/c1-6-13-30-31(23-26(4)37)36(32-17-9-11-21-34-32)33-20-10-7-8-15-28-16-12-14-24(2)22-29(27(28)5)19-18-25(3)35(30)33/h6-11,13,15,17-19,21-23,25,37H,1-2,4,12,14,16,20H2,3,5H3/b10-7-,15-8-,19-18-,28-27-,29-22+,30-13+,31-23+. The van der Waals surface area contributed by atoms with Crippen LogP contribution in [0.4, 0.5) is 5.82 Å². The first-order chi connectivity index (χ1) is 17.9. The first-order valence-electron chi connectivity index (χ1n) is 12.9. The number of nitrogens with zero attached hydrogens (tertiary/aromatic N) is 3. The predicted molar refractivity (Wildman–Crippen MR) is 158 cm³/mol. The fourth-order valence-electron chi connectivity index (χ4n) is 5.21. The lowest BCUT2D eigenvalue weighted by molar-refractivity contribution is 0.434. The second-order valence-electron chi connectivity index (χ2n) is 9.64. The van der Waals surface area contributed by atoms with E-state index in [1.165, 1.54) is 16.7 Å². The van der Waals surface area contributed by atoms with Crippen LogP contribution in [0.2, 0.25) is 6.32 Å². The third-order valence-corrected chi connectivity index (χ3v) is 7.00. The smallest absolute Gasteiger partial charge is 0.385 e. The summed E-state index contributed by atoms with van der Waals surface area (Å²) in [5.74, 6) is 0.804. The van der Waals surface area contributed by atoms with Gasteiger partial charge in [0.2, 0.25) is 0 Å². The number of aliphatic hydroxyl groups excluding tert-OH is 1. The van der Waals surface area contributed by atoms with Crippen molar-refractivity contribution in [3.05, 3.63) is 144 Å². The first-order valence-corrected chi connectivity index (χ1v) is 12.9. The van der Waals surface area contributed by atoms with Crippen molar-refractivity contribution < 1.29 is 5.11 Å². The zero-order valence-corrected chi connectivity index (χ0v) is 22.0. The third kappa shape index (κ3) is 5.88. The Hall–Kier alpha value is -3.99. The van der Waals surface area contributed by atoms with Crippen LogP contribution in [0.25, 0.3) is 0 Å². The van der Waals surface area contributed by atoms with Gasteiger partial charge >= 0.3 is 6.98 Å². The maximum absolute atomic E-state index is 10.2. The molecule has 3 heterocycles. The van der Waals surface area contributed by atoms with Gasteiger partial charge in [0.25, 0.3) is 0 Å². The molecule has 188 valence electrons. The van der Waals surface area contributed by atoms with E-state index in [0.29, 0.717) is 0 Å². The van der Waals surface area contributed by atoms with Crippen molar-refractivity contribution in [2.24, 2.45) is 0 Å². The molecule has 0 radical (unpaired) electrons. The summed E-state index contributed by atoms with van der Waals surface area (Å²) in [5.41, 5.74) is 6.82. The van der Waals surface area contributed by atoms with Crippen molar-refractivity contribution in [1.82, 2.24) is 9.79 Å². The third-order valence-electron chi connectivity index (χ3n) is 7.00. The predicted octanol–water partition coefficient (Wildman–Crippen LogP) is 7.77. The molecule has 37 heavy (non-hydrogen) atoms. The minimum absolute atomic E-state index is 0.00551. The summed E-state index contributed by atoms with van der Waals surface area (Å²) in [5, 5.41) is 10.2. The summed E-state index contributed by atoms with van der Waals surface area (Å²) in [6, 6.07) is 5.93. The number of rotatable bonds is 3. The van der Waals surface area contributed by atoms with Crippen LogP contribution in [-0.2, 0) is 0 Å². The van der Waals surface area contributed by atoms with Crippen LogP contribution >= 0.6 is 0 Å². The van der Waals surface area contributed by atoms with E-state index in [0.717, 1.165) is 48.4 Å². The number of fused-ring (bicyclic) bond motifs is 2. The highest BCUT2D eigenvalue weighted by atomic mass is 16.3. The number of hydrogen-bond donors (Lipinski definition) is 1. The van der Waals surface area contributed by atoms with Crippen LogP contribution in [0.15, 0.2) is 144 Å². The van der Waals surface area contributed by atoms with Gasteiger partial charge in [-0.05, 0) is 74.4 Å². The van der Waals surface area contributed by atoms with Gasteiger partial charge in [0.15, 0.2) is 0 Å². The molecular formula is C32H36BN3O. The Morgan fingerprint density at radius 2 is 2.03 bits per heavy atom. The number of aromatic nitrogens is 1. The Morgan fingerprint density at radius 3 is 2.76 bits per heavy atom. The second-order valence-corrected chi connectivity index (χ2v) is 9.64. The van der Waals surface area contributed by atoms with Crippen molar-refractivity contribution in [3.8, 4) is 0 Å². The molecule has 1 aliphatic carbocycles. The summed E-state index contributed by atoms with van der Waals surface area (Å²) in [7, 11) is 0. The van der Waals surface area contributed by atoms with Gasteiger partial charge in [0.1, 0.15) is 11.6 Å². The highest BCUT2D eigenvalue weighted by Gasteiger charge is 2.44. The lowest BCUT2D eigenvalue weighted by Gasteiger charge is -2.31. The quantitative estimate of drug-likeness (QED) is 0.348. The molecule has 1 N–H and O–H groups in total. The Morgan fingerprint density at radius 1 is 1.19 bits per heavy atom. The molecule has 1 saturated heterocycles. The van der Waals surface area contributed by atoms with E-state index >= 15 is 0 Å². The topological polar surface area (TPSA) is 39.6 Å². The van der Waals surface area contributed by atoms with Crippen molar-refractivity contribution in [3.63, 3.8) is 0 Å². The maximum atomic E-state index is 10.2. The van der Waals surface area contributed by atoms with Crippen LogP contribution in [0.3, 0.4) is 0 Å². The Bertz CT molecular complexity index is 1280. The average molecular weight is 489 g/mol. The molecule has 0 saturated carbocycles. The molecule has 2 bridgehead atoms. The molecule has 3 aliphatic rings. The second kappa shape index (κ2) is 11.8. The van der Waals surface area contributed by atoms with Crippen molar-refractivity contribution in [2.75, 3.05) is 4.81 Å². The van der Waals surface area contributed by atoms with Gasteiger partial charge in [-0.15, -0.1) is 0 Å². The summed E-state index contributed by atoms with van der Waals surface area (Å²) in [4.78, 5) is 9.21. The van der Waals surface area contributed by atoms with E-state index in [1.54, 1.807) is 18.3 Å². The van der Waals surface area contributed by atoms with Gasteiger partial charge in [0.05, 0.1) is 5.70 Å². The Labute approximate surface area is 222 Å². The molecule has 2 aliphatic heterocycles. The molecule has 1 fully saturated rings. The highest BCUT2D eigenvalue weighted by Crippen LogP contribution is 2.39. The number of allylic oxidation sites excluding steroid dienone is 13. The largest absolute Gasteiger partial charge is 0.509 e. The molecule has 0 aromatic carbocycles. The highest BCUT2D eigenvalue weighted by molar-refractivity contribution is 6.64. The van der Waals surface area contributed by atoms with E-state index in [2.05, 4.69) is 90.7 Å². The van der Waals surface area contributed by atoms with E-state index in [4.69, 9.17) is 0 Å². The number of hydrogen-bond acceptors (Lipinski definition) is 4. The Kier molecular flexibility index (Phi) is 8.34. The number of pyridine rings is 1. The lowest BCUT2D eigenvalue weighted by Crippen LogP contribution is -2.46. The molecule has 4 nitrogen and oxygen atoms in total. The molecule has 5 heteroatoms. The van der Waals surface area contributed by atoms with Crippen molar-refractivity contribution >= 4 is 12.8 Å². The number of anilines is 1. The molecule has 1 aromatic rings. The van der Waals surface area contributed by atoms with Crippen molar-refractivity contribution in [2.45, 2.75) is 45.5 Å². The van der Waals surface area contributed by atoms with Crippen LogP contribution in [-0.4, -0.2) is 27.9 Å². The van der Waals surface area contributed by atoms with E-state index in [9.17, 15) is 5.11 Å². The van der Waals surface area contributed by atoms with Crippen LogP contribution in [0, 0.1) is 0 Å². The molecule has 1 aromatic heterocycles. The van der Waals surface area contributed by atoms with Crippen LogP contribution in [0.1, 0.15) is 33.1 Å². The summed E-state index contributed by atoms with van der Waals surface area (Å²) < 4.78 is 0. The van der Waals surface area contributed by atoms with Crippen molar-refractivity contribution in [1.29, 1.82) is 0 Å². The number of aliphatic hydroxyl groups is 1. The minimum atomic E-state index is -0.0663. The van der Waals surface area contributed by atoms with Gasteiger partial charge in [0, 0.05) is 24.0 Å². The maximum Gasteiger partial charge on any atom is 0.385 e. The molecule has 1 atom stereocenters. The van der Waals surface area contributed by atoms with E-state index < -0.39 is 0 Å². The summed E-state index contributed by atoms with van der Waals surface area (Å²) >= 11 is 0. The van der Waals surface area contributed by atoms with Gasteiger partial charge < -0.3 is 14.7 Å². The average Bonchev–Trinajstić information content (AvgIpc) is 3.16. The minimum Gasteiger partial charge on any atom is -0.509 e. The molecule has 0 amide bonds. The zero-order valence-electron chi connectivity index (χ0n) is 22.0. The summed E-state index contributed by atoms with van der Waals surface area (Å²) in [6.45, 7) is 16.4. The SMILES string of the molecule is C=C/C=C1\C(=C/C(=C)O)N(c2ccccn2)B2C\C=C/C=C\C3=C(C)\C(=C\C(=C)CCC3)\C=C/C(C)N21. The Balaban J connectivity index is 1.89. The summed E-state index contributed by atoms with van der Waals surface area (Å²) in [6.07, 6.45) is 26.7. The monoisotopic (exact) mass is 489 g/mol. The van der Waals surface area contributed by atoms with E-state index in [1.807, 2.05) is 24.3 Å². The van der Waals surface area contributed by atoms with Gasteiger partial charge in [-0.3, -0.25) is 0 Å². The fraction of sp³-hybridized carbons (Fsp3) is 0.219. The van der Waals surface area contributed by atoms with Crippen LogP contribution in [0.5, 0.6) is 0 Å². The van der Waals surface area contributed by atoms with Gasteiger partial charge in [-0.2, -0.15) is 0 Å². The normalized spacial score (nSPS) is 28.7. The fourth-order valence-corrected chi connectivity index (χ4v) is 5.21. The van der Waals surface area contributed by atoms with Gasteiger partial charge in [-0.25, -0.2) is 4.98 Å².